The van der Waals surface area contributed by atoms with Crippen LogP contribution in [0.1, 0.15) is 0 Å². The molecule has 3 rings (SSSR count). The summed E-state index contributed by atoms with van der Waals surface area (Å²) < 4.78 is 26.4. The molecule has 1 aromatic rings. The second-order valence-electron chi connectivity index (χ2n) is 7.31. The number of benzene rings is 1. The van der Waals surface area contributed by atoms with E-state index in [1.54, 1.807) is 0 Å². The molecular formula is C18H26O13. The van der Waals surface area contributed by atoms with Crippen LogP contribution in [0.5, 0.6) is 23.0 Å². The number of ether oxygens (including phenoxy) is 5. The van der Waals surface area contributed by atoms with Gasteiger partial charge in [0.15, 0.2) is 23.9 Å². The van der Waals surface area contributed by atoms with Gasteiger partial charge in [0, 0.05) is 12.1 Å². The number of rotatable bonds is 7. The van der Waals surface area contributed by atoms with Gasteiger partial charge in [-0.05, 0) is 0 Å². The van der Waals surface area contributed by atoms with Gasteiger partial charge < -0.3 is 64.5 Å². The van der Waals surface area contributed by atoms with Crippen molar-refractivity contribution < 1.29 is 64.5 Å². The molecule has 13 heteroatoms. The average molecular weight is 450 g/mol. The molecule has 1 aromatic carbocycles. The molecule has 13 nitrogen and oxygen atoms in total. The monoisotopic (exact) mass is 450 g/mol. The largest absolute Gasteiger partial charge is 0.504 e. The second kappa shape index (κ2) is 9.28. The minimum absolute atomic E-state index is 0.120. The van der Waals surface area contributed by atoms with Crippen LogP contribution in [-0.2, 0) is 14.2 Å². The van der Waals surface area contributed by atoms with Gasteiger partial charge in [0.1, 0.15) is 35.8 Å². The van der Waals surface area contributed by atoms with E-state index < -0.39 is 85.8 Å². The Kier molecular flexibility index (Phi) is 7.10. The van der Waals surface area contributed by atoms with Crippen LogP contribution in [0.3, 0.4) is 0 Å². The highest BCUT2D eigenvalue weighted by Crippen LogP contribution is 2.42. The molecule has 0 amide bonds. The Bertz CT molecular complexity index is 737. The highest BCUT2D eigenvalue weighted by atomic mass is 16.8. The number of aliphatic hydroxyl groups is 6. The maximum Gasteiger partial charge on any atom is 0.230 e. The molecular weight excluding hydrogens is 424 g/mol. The van der Waals surface area contributed by atoms with Gasteiger partial charge in [0.05, 0.1) is 26.9 Å². The Morgan fingerprint density at radius 2 is 1.71 bits per heavy atom. The molecule has 2 saturated heterocycles. The van der Waals surface area contributed by atoms with Crippen LogP contribution >= 0.6 is 0 Å². The molecule has 0 saturated carbocycles. The second-order valence-corrected chi connectivity index (χ2v) is 7.31. The summed E-state index contributed by atoms with van der Waals surface area (Å²) in [5.41, 5.74) is -2.01. The molecule has 0 radical (unpaired) electrons. The maximum absolute atomic E-state index is 10.5. The van der Waals surface area contributed by atoms with Crippen molar-refractivity contribution in [2.45, 2.75) is 48.7 Å². The fourth-order valence-corrected chi connectivity index (χ4v) is 3.29. The molecule has 176 valence electrons. The predicted molar refractivity (Wildman–Crippen MR) is 97.4 cm³/mol. The van der Waals surface area contributed by atoms with E-state index in [-0.39, 0.29) is 5.75 Å². The predicted octanol–water partition coefficient (Wildman–Crippen LogP) is -3.25. The number of hydrogen-bond donors (Lipinski definition) is 8. The number of hydrogen-bond acceptors (Lipinski definition) is 13. The van der Waals surface area contributed by atoms with E-state index >= 15 is 0 Å². The summed E-state index contributed by atoms with van der Waals surface area (Å²) in [4.78, 5) is 0. The van der Waals surface area contributed by atoms with Crippen LogP contribution in [0.15, 0.2) is 12.1 Å². The highest BCUT2D eigenvalue weighted by Gasteiger charge is 2.53. The normalized spacial score (nSPS) is 38.2. The first kappa shape index (κ1) is 23.7. The summed E-state index contributed by atoms with van der Waals surface area (Å²) in [6.45, 7) is -2.02. The van der Waals surface area contributed by atoms with Gasteiger partial charge in [-0.2, -0.15) is 0 Å². The number of aliphatic hydroxyl groups excluding tert-OH is 5. The topological polar surface area (TPSA) is 208 Å². The molecule has 0 aromatic heterocycles. The third kappa shape index (κ3) is 4.50. The van der Waals surface area contributed by atoms with Gasteiger partial charge >= 0.3 is 0 Å². The van der Waals surface area contributed by atoms with Gasteiger partial charge in [-0.15, -0.1) is 0 Å². The minimum atomic E-state index is -2.01. The fourth-order valence-electron chi connectivity index (χ4n) is 3.29. The Labute approximate surface area is 176 Å². The molecule has 2 aliphatic rings. The van der Waals surface area contributed by atoms with Crippen molar-refractivity contribution in [3.05, 3.63) is 12.1 Å². The van der Waals surface area contributed by atoms with Crippen molar-refractivity contribution in [3.63, 3.8) is 0 Å². The van der Waals surface area contributed by atoms with E-state index in [1.165, 1.54) is 7.11 Å². The summed E-state index contributed by atoms with van der Waals surface area (Å²) in [7, 11) is 1.31. The zero-order valence-electron chi connectivity index (χ0n) is 16.4. The van der Waals surface area contributed by atoms with Crippen molar-refractivity contribution in [1.82, 2.24) is 0 Å². The van der Waals surface area contributed by atoms with Gasteiger partial charge in [-0.3, -0.25) is 0 Å². The number of phenolic OH excluding ortho intramolecular Hbond substituents is 2. The van der Waals surface area contributed by atoms with Crippen LogP contribution in [-0.4, -0.2) is 116 Å². The number of methoxy groups -OCH3 is 1. The molecule has 31 heavy (non-hydrogen) atoms. The molecule has 8 N–H and O–H groups in total. The Hall–Kier alpha value is -1.94. The first-order valence-electron chi connectivity index (χ1n) is 9.32. The van der Waals surface area contributed by atoms with E-state index in [2.05, 4.69) is 0 Å². The van der Waals surface area contributed by atoms with E-state index in [9.17, 15) is 40.9 Å². The summed E-state index contributed by atoms with van der Waals surface area (Å²) in [6.07, 6.45) is -11.2. The summed E-state index contributed by atoms with van der Waals surface area (Å²) in [5, 5.41) is 79.9. The van der Waals surface area contributed by atoms with Crippen molar-refractivity contribution >= 4 is 0 Å². The van der Waals surface area contributed by atoms with Gasteiger partial charge in [-0.25, -0.2) is 0 Å². The number of phenols is 2. The third-order valence-corrected chi connectivity index (χ3v) is 5.19. The molecule has 2 fully saturated rings. The van der Waals surface area contributed by atoms with Crippen LogP contribution in [0, 0.1) is 0 Å². The first-order valence-corrected chi connectivity index (χ1v) is 9.32. The van der Waals surface area contributed by atoms with Gasteiger partial charge in [0.2, 0.25) is 12.0 Å². The minimum Gasteiger partial charge on any atom is -0.504 e. The van der Waals surface area contributed by atoms with Crippen LogP contribution < -0.4 is 9.47 Å². The molecule has 0 aliphatic carbocycles. The van der Waals surface area contributed by atoms with Crippen molar-refractivity contribution in [2.75, 3.05) is 26.9 Å². The summed E-state index contributed by atoms with van der Waals surface area (Å²) in [6, 6.07) is 2.27. The van der Waals surface area contributed by atoms with Crippen LogP contribution in [0.2, 0.25) is 0 Å². The molecule has 2 aliphatic heterocycles. The smallest absolute Gasteiger partial charge is 0.230 e. The quantitative estimate of drug-likeness (QED) is 0.206. The lowest BCUT2D eigenvalue weighted by Gasteiger charge is -2.42. The molecule has 8 atom stereocenters. The fraction of sp³-hybridized carbons (Fsp3) is 0.667. The average Bonchev–Trinajstić information content (AvgIpc) is 3.04. The highest BCUT2D eigenvalue weighted by molar-refractivity contribution is 5.54. The molecule has 2 heterocycles. The Balaban J connectivity index is 1.86. The summed E-state index contributed by atoms with van der Waals surface area (Å²) >= 11 is 0. The SMILES string of the molecule is COc1cc(O)c(OC2OC(CO)C(O)C(O)C2OC2OCC(O)(CO)C2O)c(O)c1. The van der Waals surface area contributed by atoms with Crippen molar-refractivity contribution in [1.29, 1.82) is 0 Å². The van der Waals surface area contributed by atoms with E-state index in [4.69, 9.17) is 23.7 Å². The van der Waals surface area contributed by atoms with Crippen LogP contribution in [0.4, 0.5) is 0 Å². The maximum atomic E-state index is 10.5. The lowest BCUT2D eigenvalue weighted by atomic mass is 9.98. The lowest BCUT2D eigenvalue weighted by molar-refractivity contribution is -0.319. The van der Waals surface area contributed by atoms with E-state index in [1.807, 2.05) is 0 Å². The third-order valence-electron chi connectivity index (χ3n) is 5.19. The molecule has 0 spiro atoms. The van der Waals surface area contributed by atoms with Crippen molar-refractivity contribution in [3.8, 4) is 23.0 Å². The molecule has 8 unspecified atom stereocenters. The molecule has 0 bridgehead atoms. The van der Waals surface area contributed by atoms with E-state index in [0.29, 0.717) is 0 Å². The van der Waals surface area contributed by atoms with Crippen LogP contribution in [0.25, 0.3) is 0 Å². The zero-order valence-corrected chi connectivity index (χ0v) is 16.4. The standard InChI is InChI=1S/C18H26O13/c1-27-7-2-8(21)13(9(22)3-7)30-16-14(12(24)11(23)10(4-19)29-16)31-17-15(25)18(26,5-20)6-28-17/h2-3,10-12,14-17,19-26H,4-6H2,1H3. The first-order chi connectivity index (χ1) is 14.6. The van der Waals surface area contributed by atoms with Crippen molar-refractivity contribution in [2.24, 2.45) is 0 Å². The van der Waals surface area contributed by atoms with Gasteiger partial charge in [-0.1, -0.05) is 0 Å². The zero-order chi connectivity index (χ0) is 22.9. The Morgan fingerprint density at radius 3 is 2.23 bits per heavy atom. The number of aromatic hydroxyl groups is 2. The summed E-state index contributed by atoms with van der Waals surface area (Å²) in [5.74, 6) is -1.45. The Morgan fingerprint density at radius 1 is 1.06 bits per heavy atom. The van der Waals surface area contributed by atoms with Gasteiger partial charge in [0.25, 0.3) is 0 Å². The van der Waals surface area contributed by atoms with E-state index in [0.717, 1.165) is 12.1 Å². The lowest BCUT2D eigenvalue weighted by Crippen LogP contribution is -2.62.